The van der Waals surface area contributed by atoms with E-state index in [1.54, 1.807) is 36.4 Å². The quantitative estimate of drug-likeness (QED) is 0.142. The van der Waals surface area contributed by atoms with Gasteiger partial charge in [0.25, 0.3) is 11.8 Å². The Morgan fingerprint density at radius 1 is 0.872 bits per heavy atom. The average molecular weight is 531 g/mol. The van der Waals surface area contributed by atoms with E-state index in [1.165, 1.54) is 24.5 Å². The molecule has 0 spiro atoms. The normalized spacial score (nSPS) is 12.4. The third kappa shape index (κ3) is 9.39. The van der Waals surface area contributed by atoms with Crippen LogP contribution in [0.4, 0.5) is 5.69 Å². The first-order valence-corrected chi connectivity index (χ1v) is 12.0. The molecule has 39 heavy (non-hydrogen) atoms. The largest absolute Gasteiger partial charge is 0.391 e. The van der Waals surface area contributed by atoms with E-state index in [0.29, 0.717) is 17.7 Å². The monoisotopic (exact) mass is 530 g/mol. The van der Waals surface area contributed by atoms with Crippen LogP contribution in [-0.4, -0.2) is 46.2 Å². The van der Waals surface area contributed by atoms with Gasteiger partial charge in [-0.15, -0.1) is 0 Å². The van der Waals surface area contributed by atoms with Crippen molar-refractivity contribution in [2.45, 2.75) is 45.4 Å². The van der Waals surface area contributed by atoms with Crippen molar-refractivity contribution in [3.63, 3.8) is 0 Å². The Balaban J connectivity index is 0.00000533. The molecule has 0 heterocycles. The summed E-state index contributed by atoms with van der Waals surface area (Å²) in [5.41, 5.74) is 10.9. The zero-order chi connectivity index (χ0) is 27.5. The van der Waals surface area contributed by atoms with Crippen LogP contribution in [0.2, 0.25) is 0 Å². The standard InChI is InChI=1S/C29H30N4O5.CH4/c1-19(34)26(29(37)33-38)32-27(35)23-14-9-21(10-15-23)7-8-22-11-16-24(17-12-22)31-28(36)25(30)18-13-20-5-3-2-4-6-20;/h2-6,9-12,14-17,19,25-26,34,38H,13,18,30H2,1H3,(H,31,36)(H,32,35)(H,33,37);1H4/t19-,25-,26+;/m1./s1. The lowest BCUT2D eigenvalue weighted by Gasteiger charge is -2.19. The van der Waals surface area contributed by atoms with Crippen LogP contribution < -0.4 is 21.8 Å². The number of aliphatic hydroxyl groups excluding tert-OH is 1. The molecule has 0 aromatic heterocycles. The number of carbonyl (C=O) groups excluding carboxylic acids is 3. The Morgan fingerprint density at radius 3 is 1.97 bits per heavy atom. The van der Waals surface area contributed by atoms with Crippen LogP contribution in [-0.2, 0) is 16.0 Å². The number of nitrogens with one attached hydrogen (secondary N) is 3. The molecule has 0 aliphatic heterocycles. The van der Waals surface area contributed by atoms with Crippen LogP contribution in [0, 0.1) is 11.8 Å². The van der Waals surface area contributed by atoms with Crippen LogP contribution in [0.3, 0.4) is 0 Å². The number of amides is 3. The van der Waals surface area contributed by atoms with E-state index in [0.717, 1.165) is 17.5 Å². The van der Waals surface area contributed by atoms with Gasteiger partial charge >= 0.3 is 0 Å². The van der Waals surface area contributed by atoms with Crippen molar-refractivity contribution in [3.05, 3.63) is 101 Å². The van der Waals surface area contributed by atoms with Gasteiger partial charge in [0.2, 0.25) is 5.91 Å². The van der Waals surface area contributed by atoms with Crippen LogP contribution >= 0.6 is 0 Å². The number of rotatable bonds is 9. The van der Waals surface area contributed by atoms with Gasteiger partial charge in [-0.3, -0.25) is 19.6 Å². The van der Waals surface area contributed by atoms with Gasteiger partial charge < -0.3 is 21.5 Å². The molecule has 0 aliphatic carbocycles. The van der Waals surface area contributed by atoms with E-state index >= 15 is 0 Å². The molecule has 0 aliphatic rings. The fraction of sp³-hybridized carbons (Fsp3) is 0.233. The van der Waals surface area contributed by atoms with E-state index < -0.39 is 30.0 Å². The summed E-state index contributed by atoms with van der Waals surface area (Å²) in [6, 6.07) is 21.4. The van der Waals surface area contributed by atoms with E-state index in [1.807, 2.05) is 30.3 Å². The minimum atomic E-state index is -1.30. The Kier molecular flexibility index (Phi) is 11.9. The van der Waals surface area contributed by atoms with Gasteiger partial charge in [-0.1, -0.05) is 49.6 Å². The third-order valence-electron chi connectivity index (χ3n) is 5.74. The maximum atomic E-state index is 12.4. The molecule has 9 heteroatoms. The summed E-state index contributed by atoms with van der Waals surface area (Å²) in [6.45, 7) is 1.32. The second kappa shape index (κ2) is 15.1. The number of carbonyl (C=O) groups is 3. The van der Waals surface area contributed by atoms with Crippen LogP contribution in [0.1, 0.15) is 47.8 Å². The lowest BCUT2D eigenvalue weighted by atomic mass is 10.1. The highest BCUT2D eigenvalue weighted by molar-refractivity contribution is 5.97. The van der Waals surface area contributed by atoms with Gasteiger partial charge in [0.15, 0.2) is 0 Å². The number of nitrogens with two attached hydrogens (primary N) is 1. The maximum Gasteiger partial charge on any atom is 0.268 e. The number of hydrogen-bond donors (Lipinski definition) is 6. The number of hydroxylamine groups is 1. The predicted octanol–water partition coefficient (Wildman–Crippen LogP) is 2.61. The molecule has 0 saturated heterocycles. The van der Waals surface area contributed by atoms with E-state index in [-0.39, 0.29) is 18.9 Å². The smallest absolute Gasteiger partial charge is 0.268 e. The Bertz CT molecular complexity index is 1300. The summed E-state index contributed by atoms with van der Waals surface area (Å²) in [5.74, 6) is 4.26. The summed E-state index contributed by atoms with van der Waals surface area (Å²) in [5, 5.41) is 23.6. The lowest BCUT2D eigenvalue weighted by molar-refractivity contribution is -0.133. The van der Waals surface area contributed by atoms with Gasteiger partial charge in [-0.25, -0.2) is 5.48 Å². The fourth-order valence-electron chi connectivity index (χ4n) is 3.52. The first kappa shape index (κ1) is 30.7. The van der Waals surface area contributed by atoms with Crippen LogP contribution in [0.5, 0.6) is 0 Å². The van der Waals surface area contributed by atoms with Crippen molar-refractivity contribution in [2.75, 3.05) is 5.32 Å². The molecule has 0 radical (unpaired) electrons. The number of aryl methyl sites for hydroxylation is 1. The van der Waals surface area contributed by atoms with Crippen molar-refractivity contribution >= 4 is 23.4 Å². The highest BCUT2D eigenvalue weighted by Crippen LogP contribution is 2.11. The molecule has 3 rings (SSSR count). The minimum Gasteiger partial charge on any atom is -0.391 e. The highest BCUT2D eigenvalue weighted by Gasteiger charge is 2.25. The first-order valence-electron chi connectivity index (χ1n) is 12.0. The van der Waals surface area contributed by atoms with Gasteiger partial charge in [0.05, 0.1) is 12.1 Å². The summed E-state index contributed by atoms with van der Waals surface area (Å²) in [7, 11) is 0. The molecule has 0 bridgehead atoms. The molecule has 0 unspecified atom stereocenters. The van der Waals surface area contributed by atoms with E-state index in [4.69, 9.17) is 10.9 Å². The van der Waals surface area contributed by atoms with Gasteiger partial charge in [-0.05, 0) is 73.9 Å². The van der Waals surface area contributed by atoms with Crippen molar-refractivity contribution in [1.29, 1.82) is 0 Å². The highest BCUT2D eigenvalue weighted by atomic mass is 16.5. The Labute approximate surface area is 228 Å². The number of hydrogen-bond acceptors (Lipinski definition) is 6. The van der Waals surface area contributed by atoms with Gasteiger partial charge in [0.1, 0.15) is 6.04 Å². The molecule has 3 aromatic rings. The summed E-state index contributed by atoms with van der Waals surface area (Å²) in [6.07, 6.45) is 0.0602. The second-order valence-corrected chi connectivity index (χ2v) is 8.69. The van der Waals surface area contributed by atoms with Crippen molar-refractivity contribution in [1.82, 2.24) is 10.8 Å². The van der Waals surface area contributed by atoms with Crippen molar-refractivity contribution in [2.24, 2.45) is 5.73 Å². The molecule has 3 aromatic carbocycles. The molecule has 0 fully saturated rings. The predicted molar refractivity (Wildman–Crippen MR) is 150 cm³/mol. The first-order chi connectivity index (χ1) is 18.3. The maximum absolute atomic E-state index is 12.4. The van der Waals surface area contributed by atoms with E-state index in [2.05, 4.69) is 22.5 Å². The Hall–Kier alpha value is -4.49. The van der Waals surface area contributed by atoms with Crippen molar-refractivity contribution < 1.29 is 24.7 Å². The van der Waals surface area contributed by atoms with Crippen molar-refractivity contribution in [3.8, 4) is 11.8 Å². The fourth-order valence-corrected chi connectivity index (χ4v) is 3.52. The molecule has 7 N–H and O–H groups in total. The summed E-state index contributed by atoms with van der Waals surface area (Å²) in [4.78, 5) is 36.4. The second-order valence-electron chi connectivity index (χ2n) is 8.69. The molecule has 0 saturated carbocycles. The topological polar surface area (TPSA) is 154 Å². The molecule has 204 valence electrons. The Morgan fingerprint density at radius 2 is 1.44 bits per heavy atom. The molecular weight excluding hydrogens is 496 g/mol. The number of anilines is 1. The zero-order valence-corrected chi connectivity index (χ0v) is 20.8. The summed E-state index contributed by atoms with van der Waals surface area (Å²) < 4.78 is 0. The number of benzene rings is 3. The summed E-state index contributed by atoms with van der Waals surface area (Å²) >= 11 is 0. The zero-order valence-electron chi connectivity index (χ0n) is 20.8. The molecular formula is C30H34N4O5. The lowest BCUT2D eigenvalue weighted by Crippen LogP contribution is -2.51. The minimum absolute atomic E-state index is 0. The third-order valence-corrected chi connectivity index (χ3v) is 5.74. The van der Waals surface area contributed by atoms with Crippen LogP contribution in [0.25, 0.3) is 0 Å². The van der Waals surface area contributed by atoms with Crippen LogP contribution in [0.15, 0.2) is 78.9 Å². The molecule has 3 amide bonds. The van der Waals surface area contributed by atoms with E-state index in [9.17, 15) is 19.5 Å². The average Bonchev–Trinajstić information content (AvgIpc) is 2.94. The molecule has 3 atom stereocenters. The molecule has 9 nitrogen and oxygen atoms in total. The SMILES string of the molecule is C.C[C@@H](O)[C@H](NC(=O)c1ccc(C#Cc2ccc(NC(=O)[C@H](N)CCc3ccccc3)cc2)cc1)C(=O)NO. The number of aliphatic hydroxyl groups is 1. The van der Waals surface area contributed by atoms with Gasteiger partial charge in [-0.2, -0.15) is 0 Å². The van der Waals surface area contributed by atoms with Gasteiger partial charge in [0, 0.05) is 22.4 Å².